The summed E-state index contributed by atoms with van der Waals surface area (Å²) >= 11 is 0.678. The number of esters is 1. The van der Waals surface area contributed by atoms with Gasteiger partial charge in [0.05, 0.1) is 7.11 Å². The van der Waals surface area contributed by atoms with Gasteiger partial charge in [0.2, 0.25) is 5.82 Å². The number of carbonyl (C=O) groups excluding carboxylic acids is 1. The first-order valence-electron chi connectivity index (χ1n) is 9.17. The molecule has 0 unspecified atom stereocenters. The largest absolute Gasteiger partial charge is 0.489 e. The van der Waals surface area contributed by atoms with Crippen LogP contribution >= 0.6 is 11.5 Å². The first kappa shape index (κ1) is 23.2. The van der Waals surface area contributed by atoms with Crippen molar-refractivity contribution in [3.8, 4) is 16.3 Å². The molecule has 2 aromatic carbocycles. The van der Waals surface area contributed by atoms with Crippen molar-refractivity contribution in [2.45, 2.75) is 19.7 Å². The van der Waals surface area contributed by atoms with Crippen LogP contribution < -0.4 is 4.74 Å². The van der Waals surface area contributed by atoms with Gasteiger partial charge in [-0.1, -0.05) is 29.4 Å². The Morgan fingerprint density at radius 1 is 1.16 bits per heavy atom. The third-order valence-electron chi connectivity index (χ3n) is 4.32. The molecule has 0 N–H and O–H groups in total. The van der Waals surface area contributed by atoms with Gasteiger partial charge in [-0.25, -0.2) is 9.78 Å². The van der Waals surface area contributed by atoms with Gasteiger partial charge in [-0.2, -0.15) is 17.5 Å². The Balaban J connectivity index is 1.81. The number of rotatable bonds is 7. The van der Waals surface area contributed by atoms with E-state index in [0.717, 1.165) is 0 Å². The number of aromatic nitrogens is 2. The van der Waals surface area contributed by atoms with Crippen LogP contribution in [-0.4, -0.2) is 35.3 Å². The summed E-state index contributed by atoms with van der Waals surface area (Å²) in [7, 11) is 2.57. The van der Waals surface area contributed by atoms with E-state index in [1.807, 2.05) is 0 Å². The number of methoxy groups -OCH3 is 1. The molecule has 0 saturated carbocycles. The number of halogens is 3. The van der Waals surface area contributed by atoms with Gasteiger partial charge >= 0.3 is 12.1 Å². The van der Waals surface area contributed by atoms with Gasteiger partial charge < -0.3 is 14.3 Å². The zero-order valence-corrected chi connectivity index (χ0v) is 18.1. The molecule has 0 saturated heterocycles. The van der Waals surface area contributed by atoms with E-state index < -0.39 is 18.0 Å². The summed E-state index contributed by atoms with van der Waals surface area (Å²) in [5.41, 5.74) is 2.35. The Bertz CT molecular complexity index is 1150. The fraction of sp³-hybridized carbons (Fsp3) is 0.238. The Labute approximate surface area is 185 Å². The third kappa shape index (κ3) is 5.22. The molecule has 0 amide bonds. The van der Waals surface area contributed by atoms with E-state index in [1.165, 1.54) is 14.2 Å². The number of oxime groups is 1. The lowest BCUT2D eigenvalue weighted by Gasteiger charge is -2.13. The van der Waals surface area contributed by atoms with Crippen molar-refractivity contribution in [1.29, 1.82) is 0 Å². The second-order valence-corrected chi connectivity index (χ2v) is 7.21. The van der Waals surface area contributed by atoms with Crippen LogP contribution in [0.25, 0.3) is 10.6 Å². The zero-order chi connectivity index (χ0) is 23.3. The first-order chi connectivity index (χ1) is 15.2. The summed E-state index contributed by atoms with van der Waals surface area (Å²) in [5.74, 6) is -1.30. The highest BCUT2D eigenvalue weighted by atomic mass is 32.1. The lowest BCUT2D eigenvalue weighted by atomic mass is 10.0. The monoisotopic (exact) mass is 465 g/mol. The molecule has 0 atom stereocenters. The maximum absolute atomic E-state index is 12.7. The van der Waals surface area contributed by atoms with Gasteiger partial charge in [0.15, 0.2) is 5.71 Å². The van der Waals surface area contributed by atoms with Crippen molar-refractivity contribution < 1.29 is 32.3 Å². The lowest BCUT2D eigenvalue weighted by Crippen LogP contribution is -2.19. The van der Waals surface area contributed by atoms with Crippen LogP contribution in [0.5, 0.6) is 5.75 Å². The van der Waals surface area contributed by atoms with Gasteiger partial charge in [0, 0.05) is 11.1 Å². The van der Waals surface area contributed by atoms with Crippen molar-refractivity contribution >= 4 is 23.2 Å². The Hall–Kier alpha value is -3.47. The normalized spacial score (nSPS) is 11.9. The standard InChI is InChI=1S/C21H18F3N3O4S/c1-12-10-13(18-25-20(27-32-18)21(22,23)24)8-9-16(12)31-11-14-6-4-5-7-15(14)17(26-30-3)19(28)29-2/h4-10H,11H2,1-3H3. The summed E-state index contributed by atoms with van der Waals surface area (Å²) in [6.45, 7) is 1.87. The first-order valence-corrected chi connectivity index (χ1v) is 9.94. The quantitative estimate of drug-likeness (QED) is 0.287. The summed E-state index contributed by atoms with van der Waals surface area (Å²) in [4.78, 5) is 20.4. The third-order valence-corrected chi connectivity index (χ3v) is 5.08. The fourth-order valence-electron chi connectivity index (χ4n) is 2.82. The van der Waals surface area contributed by atoms with E-state index in [-0.39, 0.29) is 17.3 Å². The van der Waals surface area contributed by atoms with Crippen LogP contribution in [0.2, 0.25) is 0 Å². The molecule has 0 aliphatic rings. The average molecular weight is 465 g/mol. The molecule has 0 aliphatic heterocycles. The molecule has 168 valence electrons. The molecule has 0 aliphatic carbocycles. The molecular weight excluding hydrogens is 447 g/mol. The van der Waals surface area contributed by atoms with Gasteiger partial charge in [-0.15, -0.1) is 0 Å². The second kappa shape index (κ2) is 9.77. The van der Waals surface area contributed by atoms with Crippen molar-refractivity contribution in [2.24, 2.45) is 5.16 Å². The minimum Gasteiger partial charge on any atom is -0.489 e. The fourth-order valence-corrected chi connectivity index (χ4v) is 3.49. The SMILES string of the molecule is CON=C(C(=O)OC)c1ccccc1COc1ccc(-c2nc(C(F)(F)F)ns2)cc1C. The van der Waals surface area contributed by atoms with E-state index >= 15 is 0 Å². The van der Waals surface area contributed by atoms with Crippen LogP contribution in [0.1, 0.15) is 22.5 Å². The number of ether oxygens (including phenoxy) is 2. The molecule has 3 aromatic rings. The number of nitrogens with zero attached hydrogens (tertiary/aromatic N) is 3. The highest BCUT2D eigenvalue weighted by molar-refractivity contribution is 7.09. The van der Waals surface area contributed by atoms with E-state index in [0.29, 0.717) is 39.5 Å². The van der Waals surface area contributed by atoms with Crippen LogP contribution in [0.15, 0.2) is 47.6 Å². The van der Waals surface area contributed by atoms with Crippen LogP contribution in [0.4, 0.5) is 13.2 Å². The van der Waals surface area contributed by atoms with Gasteiger partial charge in [0.1, 0.15) is 24.5 Å². The predicted octanol–water partition coefficient (Wildman–Crippen LogP) is 4.63. The smallest absolute Gasteiger partial charge is 0.452 e. The number of hydrogen-bond acceptors (Lipinski definition) is 8. The molecular formula is C21H18F3N3O4S. The average Bonchev–Trinajstić information content (AvgIpc) is 3.27. The maximum Gasteiger partial charge on any atom is 0.452 e. The molecule has 0 bridgehead atoms. The van der Waals surface area contributed by atoms with Gasteiger partial charge in [0.25, 0.3) is 0 Å². The van der Waals surface area contributed by atoms with Crippen molar-refractivity contribution in [3.05, 3.63) is 65.0 Å². The van der Waals surface area contributed by atoms with Crippen LogP contribution in [0.3, 0.4) is 0 Å². The van der Waals surface area contributed by atoms with Crippen LogP contribution in [-0.2, 0) is 27.2 Å². The summed E-state index contributed by atoms with van der Waals surface area (Å²) in [5, 5.41) is 3.92. The zero-order valence-electron chi connectivity index (χ0n) is 17.3. The predicted molar refractivity (Wildman–Crippen MR) is 111 cm³/mol. The number of carbonyl (C=O) groups is 1. The topological polar surface area (TPSA) is 82.9 Å². The molecule has 0 fully saturated rings. The summed E-state index contributed by atoms with van der Waals surface area (Å²) < 4.78 is 52.3. The van der Waals surface area contributed by atoms with E-state index in [4.69, 9.17) is 14.3 Å². The Kier molecular flexibility index (Phi) is 7.08. The van der Waals surface area contributed by atoms with Crippen molar-refractivity contribution in [1.82, 2.24) is 9.36 Å². The minimum atomic E-state index is -4.59. The molecule has 7 nitrogen and oxygen atoms in total. The second-order valence-electron chi connectivity index (χ2n) is 6.46. The molecule has 1 aromatic heterocycles. The molecule has 11 heteroatoms. The Morgan fingerprint density at radius 2 is 1.91 bits per heavy atom. The van der Waals surface area contributed by atoms with E-state index in [9.17, 15) is 18.0 Å². The highest BCUT2D eigenvalue weighted by Gasteiger charge is 2.36. The molecule has 3 rings (SSSR count). The van der Waals surface area contributed by atoms with Crippen molar-refractivity contribution in [2.75, 3.05) is 14.2 Å². The van der Waals surface area contributed by atoms with E-state index in [1.54, 1.807) is 49.4 Å². The van der Waals surface area contributed by atoms with E-state index in [2.05, 4.69) is 14.5 Å². The van der Waals surface area contributed by atoms with Crippen molar-refractivity contribution in [3.63, 3.8) is 0 Å². The van der Waals surface area contributed by atoms with Gasteiger partial charge in [-0.05, 0) is 47.8 Å². The number of hydrogen-bond donors (Lipinski definition) is 0. The maximum atomic E-state index is 12.7. The highest BCUT2D eigenvalue weighted by Crippen LogP contribution is 2.32. The summed E-state index contributed by atoms with van der Waals surface area (Å²) in [6.07, 6.45) is -4.59. The van der Waals surface area contributed by atoms with Crippen LogP contribution in [0, 0.1) is 6.92 Å². The summed E-state index contributed by atoms with van der Waals surface area (Å²) in [6, 6.07) is 11.9. The number of alkyl halides is 3. The van der Waals surface area contributed by atoms with Gasteiger partial charge in [-0.3, -0.25) is 0 Å². The molecule has 0 radical (unpaired) electrons. The number of aryl methyl sites for hydroxylation is 1. The number of benzene rings is 2. The Morgan fingerprint density at radius 3 is 2.53 bits per heavy atom. The molecule has 0 spiro atoms. The lowest BCUT2D eigenvalue weighted by molar-refractivity contribution is -0.144. The molecule has 32 heavy (non-hydrogen) atoms. The minimum absolute atomic E-state index is 0.00184. The molecule has 1 heterocycles.